The van der Waals surface area contributed by atoms with Crippen LogP contribution in [0.25, 0.3) is 0 Å². The monoisotopic (exact) mass is 239 g/mol. The Kier molecular flexibility index (Phi) is 5.45. The summed E-state index contributed by atoms with van der Waals surface area (Å²) in [4.78, 5) is 12.1. The molecule has 1 atom stereocenters. The van der Waals surface area contributed by atoms with Gasteiger partial charge < -0.3 is 15.8 Å². The predicted molar refractivity (Wildman–Crippen MR) is 68.0 cm³/mol. The van der Waals surface area contributed by atoms with Crippen LogP contribution in [0.1, 0.15) is 40.0 Å². The number of ether oxygens (including phenoxy) is 1. The standard InChI is InChI=1S/C11H21N5O/c1-4-6-7-8(3)13-10-14-9(12)15-11(16-10)17-5-2/h8H,4-7H2,1-3H3,(H3,12,13,14,15,16). The van der Waals surface area contributed by atoms with Gasteiger partial charge in [-0.25, -0.2) is 0 Å². The van der Waals surface area contributed by atoms with Gasteiger partial charge in [0.25, 0.3) is 0 Å². The van der Waals surface area contributed by atoms with E-state index in [2.05, 4.69) is 34.1 Å². The molecule has 0 aliphatic heterocycles. The Labute approximate surface area is 102 Å². The van der Waals surface area contributed by atoms with Crippen molar-refractivity contribution < 1.29 is 4.74 Å². The first-order chi connectivity index (χ1) is 8.15. The highest BCUT2D eigenvalue weighted by Crippen LogP contribution is 2.11. The summed E-state index contributed by atoms with van der Waals surface area (Å²) in [6, 6.07) is 0.580. The van der Waals surface area contributed by atoms with E-state index in [1.54, 1.807) is 0 Å². The van der Waals surface area contributed by atoms with Crippen LogP contribution in [0.3, 0.4) is 0 Å². The Morgan fingerprint density at radius 1 is 1.29 bits per heavy atom. The van der Waals surface area contributed by atoms with Crippen molar-refractivity contribution in [2.45, 2.75) is 46.1 Å². The molecule has 0 saturated heterocycles. The zero-order valence-electron chi connectivity index (χ0n) is 10.7. The highest BCUT2D eigenvalue weighted by molar-refractivity contribution is 5.33. The van der Waals surface area contributed by atoms with E-state index < -0.39 is 0 Å². The van der Waals surface area contributed by atoms with Crippen molar-refractivity contribution in [3.63, 3.8) is 0 Å². The van der Waals surface area contributed by atoms with Crippen LogP contribution >= 0.6 is 0 Å². The normalized spacial score (nSPS) is 12.2. The zero-order chi connectivity index (χ0) is 12.7. The van der Waals surface area contributed by atoms with Gasteiger partial charge in [0.1, 0.15) is 0 Å². The quantitative estimate of drug-likeness (QED) is 0.755. The molecule has 17 heavy (non-hydrogen) atoms. The number of hydrogen-bond acceptors (Lipinski definition) is 6. The van der Waals surface area contributed by atoms with Gasteiger partial charge in [-0.15, -0.1) is 0 Å². The summed E-state index contributed by atoms with van der Waals surface area (Å²) in [5.74, 6) is 0.651. The number of unbranched alkanes of at least 4 members (excludes halogenated alkanes) is 1. The molecule has 1 rings (SSSR count). The van der Waals surface area contributed by atoms with Crippen molar-refractivity contribution in [2.75, 3.05) is 17.7 Å². The lowest BCUT2D eigenvalue weighted by molar-refractivity contribution is 0.312. The second kappa shape index (κ2) is 6.88. The number of nitrogens with two attached hydrogens (primary N) is 1. The minimum atomic E-state index is 0.175. The van der Waals surface area contributed by atoms with Crippen molar-refractivity contribution in [1.82, 2.24) is 15.0 Å². The smallest absolute Gasteiger partial charge is 0.323 e. The maximum atomic E-state index is 5.58. The highest BCUT2D eigenvalue weighted by Gasteiger charge is 2.07. The predicted octanol–water partition coefficient (Wildman–Crippen LogP) is 1.84. The summed E-state index contributed by atoms with van der Waals surface area (Å²) in [6.45, 7) is 6.64. The fourth-order valence-corrected chi connectivity index (χ4v) is 1.43. The first-order valence-electron chi connectivity index (χ1n) is 6.06. The fraction of sp³-hybridized carbons (Fsp3) is 0.727. The molecule has 0 aromatic carbocycles. The van der Waals surface area contributed by atoms with E-state index in [0.29, 0.717) is 18.6 Å². The molecule has 1 aromatic rings. The first-order valence-corrected chi connectivity index (χ1v) is 6.06. The molecule has 96 valence electrons. The van der Waals surface area contributed by atoms with Crippen LogP contribution in [0.5, 0.6) is 6.01 Å². The van der Waals surface area contributed by atoms with E-state index in [9.17, 15) is 0 Å². The molecule has 3 N–H and O–H groups in total. The lowest BCUT2D eigenvalue weighted by Crippen LogP contribution is -2.18. The van der Waals surface area contributed by atoms with Gasteiger partial charge in [-0.05, 0) is 20.3 Å². The van der Waals surface area contributed by atoms with Crippen molar-refractivity contribution in [3.05, 3.63) is 0 Å². The van der Waals surface area contributed by atoms with Crippen molar-refractivity contribution in [3.8, 4) is 6.01 Å². The minimum absolute atomic E-state index is 0.175. The average molecular weight is 239 g/mol. The molecule has 0 spiro atoms. The Hall–Kier alpha value is -1.59. The van der Waals surface area contributed by atoms with Crippen LogP contribution in [0, 0.1) is 0 Å². The van der Waals surface area contributed by atoms with Crippen LogP contribution in [0.15, 0.2) is 0 Å². The number of nitrogens with one attached hydrogen (secondary N) is 1. The Morgan fingerprint density at radius 2 is 2.06 bits per heavy atom. The van der Waals surface area contributed by atoms with Gasteiger partial charge in [0, 0.05) is 6.04 Å². The van der Waals surface area contributed by atoms with Crippen molar-refractivity contribution in [1.29, 1.82) is 0 Å². The van der Waals surface area contributed by atoms with E-state index in [1.807, 2.05) is 6.92 Å². The second-order valence-electron chi connectivity index (χ2n) is 3.92. The summed E-state index contributed by atoms with van der Waals surface area (Å²) in [7, 11) is 0. The summed E-state index contributed by atoms with van der Waals surface area (Å²) >= 11 is 0. The molecule has 6 heteroatoms. The first kappa shape index (κ1) is 13.5. The number of aromatic nitrogens is 3. The molecule has 0 bridgehead atoms. The van der Waals surface area contributed by atoms with Gasteiger partial charge in [-0.1, -0.05) is 19.8 Å². The number of anilines is 2. The molecule has 1 aromatic heterocycles. The number of hydrogen-bond donors (Lipinski definition) is 2. The van der Waals surface area contributed by atoms with E-state index in [0.717, 1.165) is 6.42 Å². The van der Waals surface area contributed by atoms with Crippen molar-refractivity contribution in [2.24, 2.45) is 0 Å². The molecule has 0 aliphatic carbocycles. The highest BCUT2D eigenvalue weighted by atomic mass is 16.5. The van der Waals surface area contributed by atoms with Crippen LogP contribution in [-0.2, 0) is 0 Å². The SMILES string of the molecule is CCCCC(C)Nc1nc(N)nc(OCC)n1. The van der Waals surface area contributed by atoms with Gasteiger partial charge in [0.2, 0.25) is 11.9 Å². The summed E-state index contributed by atoms with van der Waals surface area (Å²) in [6.07, 6.45) is 3.43. The molecule has 1 unspecified atom stereocenters. The molecule has 0 aliphatic rings. The Balaban J connectivity index is 2.63. The van der Waals surface area contributed by atoms with Gasteiger partial charge in [0.05, 0.1) is 6.61 Å². The molecule has 1 heterocycles. The molecule has 0 fully saturated rings. The summed E-state index contributed by atoms with van der Waals surface area (Å²) < 4.78 is 5.21. The molecule has 0 radical (unpaired) electrons. The van der Waals surface area contributed by atoms with Crippen LogP contribution < -0.4 is 15.8 Å². The van der Waals surface area contributed by atoms with Gasteiger partial charge in [0.15, 0.2) is 0 Å². The lowest BCUT2D eigenvalue weighted by atomic mass is 10.1. The number of nitrogens with zero attached hydrogens (tertiary/aromatic N) is 3. The van der Waals surface area contributed by atoms with E-state index >= 15 is 0 Å². The maximum absolute atomic E-state index is 5.58. The minimum Gasteiger partial charge on any atom is -0.464 e. The fourth-order valence-electron chi connectivity index (χ4n) is 1.43. The average Bonchev–Trinajstić information content (AvgIpc) is 2.26. The van der Waals surface area contributed by atoms with E-state index in [-0.39, 0.29) is 12.0 Å². The third-order valence-electron chi connectivity index (χ3n) is 2.27. The lowest BCUT2D eigenvalue weighted by Gasteiger charge is -2.13. The molecular formula is C11H21N5O. The molecule has 0 saturated carbocycles. The number of nitrogen functional groups attached to an aromatic ring is 1. The zero-order valence-corrected chi connectivity index (χ0v) is 10.7. The van der Waals surface area contributed by atoms with Crippen molar-refractivity contribution >= 4 is 11.9 Å². The van der Waals surface area contributed by atoms with Gasteiger partial charge in [-0.2, -0.15) is 15.0 Å². The van der Waals surface area contributed by atoms with Gasteiger partial charge >= 0.3 is 6.01 Å². The Morgan fingerprint density at radius 3 is 2.71 bits per heavy atom. The third-order valence-corrected chi connectivity index (χ3v) is 2.27. The summed E-state index contributed by atoms with van der Waals surface area (Å²) in [5.41, 5.74) is 5.58. The van der Waals surface area contributed by atoms with Crippen LogP contribution in [0.2, 0.25) is 0 Å². The van der Waals surface area contributed by atoms with Crippen LogP contribution in [-0.4, -0.2) is 27.6 Å². The maximum Gasteiger partial charge on any atom is 0.323 e. The molecule has 0 amide bonds. The van der Waals surface area contributed by atoms with E-state index in [4.69, 9.17) is 10.5 Å². The largest absolute Gasteiger partial charge is 0.464 e. The Bertz CT molecular complexity index is 345. The summed E-state index contributed by atoms with van der Waals surface area (Å²) in [5, 5.41) is 3.19. The third kappa shape index (κ3) is 4.84. The van der Waals surface area contributed by atoms with E-state index in [1.165, 1.54) is 12.8 Å². The topological polar surface area (TPSA) is 86.0 Å². The van der Waals surface area contributed by atoms with Gasteiger partial charge in [-0.3, -0.25) is 0 Å². The number of rotatable bonds is 7. The molecule has 6 nitrogen and oxygen atoms in total. The second-order valence-corrected chi connectivity index (χ2v) is 3.92. The molecular weight excluding hydrogens is 218 g/mol. The van der Waals surface area contributed by atoms with Crippen LogP contribution in [0.4, 0.5) is 11.9 Å².